The van der Waals surface area contributed by atoms with Crippen LogP contribution in [0.1, 0.15) is 24.6 Å². The Hall–Kier alpha value is -1.63. The van der Waals surface area contributed by atoms with Crippen molar-refractivity contribution in [1.82, 2.24) is 20.7 Å². The van der Waals surface area contributed by atoms with Crippen LogP contribution in [0.5, 0.6) is 0 Å². The Morgan fingerprint density at radius 3 is 3.00 bits per heavy atom. The number of aliphatic hydroxyl groups is 1. The highest BCUT2D eigenvalue weighted by atomic mass is 16.6. The summed E-state index contributed by atoms with van der Waals surface area (Å²) in [5, 5.41) is 12.9. The fourth-order valence-corrected chi connectivity index (χ4v) is 2.52. The first kappa shape index (κ1) is 13.4. The minimum absolute atomic E-state index is 0.0842. The molecular weight excluding hydrogens is 256 g/mol. The van der Waals surface area contributed by atoms with E-state index in [-0.39, 0.29) is 12.3 Å². The Kier molecular flexibility index (Phi) is 4.15. The van der Waals surface area contributed by atoms with Gasteiger partial charge in [0, 0.05) is 37.6 Å². The van der Waals surface area contributed by atoms with Gasteiger partial charge in [0.2, 0.25) is 0 Å². The third-order valence-electron chi connectivity index (χ3n) is 3.69. The molecule has 1 aromatic rings. The Morgan fingerprint density at radius 1 is 1.40 bits per heavy atom. The summed E-state index contributed by atoms with van der Waals surface area (Å²) in [4.78, 5) is 11.8. The summed E-state index contributed by atoms with van der Waals surface area (Å²) in [6, 6.07) is 3.91. The predicted molar refractivity (Wildman–Crippen MR) is 74.1 cm³/mol. The van der Waals surface area contributed by atoms with Crippen LogP contribution in [0.25, 0.3) is 0 Å². The standard InChI is InChI=1S/C14H20N4O2/c19-13-3-6-18(7-4-13)9-12-10-20-17-14(16-12)11-2-1-5-15-8-11/h1-2,5,8,10,13-14,16-17,19H,3-4,6-7,9H2. The molecule has 0 bridgehead atoms. The van der Waals surface area contributed by atoms with E-state index in [1.165, 1.54) is 0 Å². The van der Waals surface area contributed by atoms with Crippen molar-refractivity contribution in [3.63, 3.8) is 0 Å². The number of rotatable bonds is 3. The number of nitrogens with zero attached hydrogens (tertiary/aromatic N) is 2. The van der Waals surface area contributed by atoms with Crippen LogP contribution in [0, 0.1) is 0 Å². The molecule has 2 aliphatic heterocycles. The van der Waals surface area contributed by atoms with Gasteiger partial charge in [0.25, 0.3) is 0 Å². The third kappa shape index (κ3) is 3.27. The van der Waals surface area contributed by atoms with Crippen molar-refractivity contribution in [2.75, 3.05) is 19.6 Å². The Balaban J connectivity index is 1.57. The molecule has 6 heteroatoms. The number of piperidine rings is 1. The van der Waals surface area contributed by atoms with Gasteiger partial charge in [0.1, 0.15) is 12.4 Å². The highest BCUT2D eigenvalue weighted by Gasteiger charge is 2.21. The van der Waals surface area contributed by atoms with Crippen LogP contribution in [-0.4, -0.2) is 40.7 Å². The number of likely N-dealkylation sites (tertiary alicyclic amines) is 1. The van der Waals surface area contributed by atoms with E-state index in [9.17, 15) is 5.11 Å². The number of aliphatic hydroxyl groups excluding tert-OH is 1. The van der Waals surface area contributed by atoms with Gasteiger partial charge in [-0.1, -0.05) is 6.07 Å². The summed E-state index contributed by atoms with van der Waals surface area (Å²) in [5.74, 6) is 0. The lowest BCUT2D eigenvalue weighted by Crippen LogP contribution is -2.43. The van der Waals surface area contributed by atoms with E-state index in [1.807, 2.05) is 18.3 Å². The van der Waals surface area contributed by atoms with Crippen molar-refractivity contribution < 1.29 is 9.94 Å². The van der Waals surface area contributed by atoms with Gasteiger partial charge in [-0.25, -0.2) is 0 Å². The summed E-state index contributed by atoms with van der Waals surface area (Å²) >= 11 is 0. The minimum atomic E-state index is -0.138. The maximum absolute atomic E-state index is 9.52. The van der Waals surface area contributed by atoms with Crippen molar-refractivity contribution >= 4 is 0 Å². The van der Waals surface area contributed by atoms with Gasteiger partial charge >= 0.3 is 0 Å². The highest BCUT2D eigenvalue weighted by molar-refractivity contribution is 5.16. The summed E-state index contributed by atoms with van der Waals surface area (Å²) in [6.45, 7) is 2.65. The van der Waals surface area contributed by atoms with Crippen molar-refractivity contribution in [2.45, 2.75) is 25.1 Å². The van der Waals surface area contributed by atoms with Crippen molar-refractivity contribution in [2.24, 2.45) is 0 Å². The molecule has 1 saturated heterocycles. The van der Waals surface area contributed by atoms with Gasteiger partial charge in [0.15, 0.2) is 0 Å². The van der Waals surface area contributed by atoms with Gasteiger partial charge in [-0.2, -0.15) is 0 Å². The van der Waals surface area contributed by atoms with Gasteiger partial charge in [-0.05, 0) is 18.9 Å². The van der Waals surface area contributed by atoms with Gasteiger partial charge < -0.3 is 15.3 Å². The Morgan fingerprint density at radius 2 is 2.25 bits per heavy atom. The van der Waals surface area contributed by atoms with Crippen LogP contribution < -0.4 is 10.8 Å². The number of hydrogen-bond acceptors (Lipinski definition) is 6. The molecule has 1 unspecified atom stereocenters. The van der Waals surface area contributed by atoms with E-state index in [0.29, 0.717) is 0 Å². The third-order valence-corrected chi connectivity index (χ3v) is 3.69. The molecule has 3 N–H and O–H groups in total. The molecule has 0 amide bonds. The lowest BCUT2D eigenvalue weighted by molar-refractivity contribution is 0.0574. The molecule has 0 saturated carbocycles. The predicted octanol–water partition coefficient (Wildman–Crippen LogP) is 0.503. The summed E-state index contributed by atoms with van der Waals surface area (Å²) in [5.41, 5.74) is 4.99. The number of hydroxylamine groups is 1. The maximum Gasteiger partial charge on any atom is 0.138 e. The van der Waals surface area contributed by atoms with E-state index in [2.05, 4.69) is 20.7 Å². The molecule has 1 fully saturated rings. The number of pyridine rings is 1. The van der Waals surface area contributed by atoms with E-state index in [0.717, 1.165) is 43.7 Å². The fourth-order valence-electron chi connectivity index (χ4n) is 2.52. The van der Waals surface area contributed by atoms with E-state index >= 15 is 0 Å². The smallest absolute Gasteiger partial charge is 0.138 e. The first-order chi connectivity index (χ1) is 9.81. The van der Waals surface area contributed by atoms with Gasteiger partial charge in [-0.15, -0.1) is 5.48 Å². The normalized spacial score (nSPS) is 24.6. The zero-order chi connectivity index (χ0) is 13.8. The molecule has 3 rings (SSSR count). The lowest BCUT2D eigenvalue weighted by atomic mass is 10.1. The van der Waals surface area contributed by atoms with Crippen LogP contribution >= 0.6 is 0 Å². The minimum Gasteiger partial charge on any atom is -0.412 e. The maximum atomic E-state index is 9.52. The monoisotopic (exact) mass is 276 g/mol. The van der Waals surface area contributed by atoms with E-state index in [1.54, 1.807) is 12.5 Å². The van der Waals surface area contributed by atoms with Crippen molar-refractivity contribution in [3.05, 3.63) is 42.0 Å². The molecule has 1 atom stereocenters. The first-order valence-corrected chi connectivity index (χ1v) is 6.98. The largest absolute Gasteiger partial charge is 0.412 e. The molecule has 3 heterocycles. The van der Waals surface area contributed by atoms with Crippen molar-refractivity contribution in [1.29, 1.82) is 0 Å². The molecule has 0 aromatic carbocycles. The molecule has 0 spiro atoms. The second-order valence-electron chi connectivity index (χ2n) is 5.25. The molecule has 20 heavy (non-hydrogen) atoms. The zero-order valence-corrected chi connectivity index (χ0v) is 11.3. The molecule has 0 aliphatic carbocycles. The molecule has 2 aliphatic rings. The average molecular weight is 276 g/mol. The average Bonchev–Trinajstić information content (AvgIpc) is 2.51. The van der Waals surface area contributed by atoms with Crippen LogP contribution in [0.2, 0.25) is 0 Å². The topological polar surface area (TPSA) is 69.7 Å². The highest BCUT2D eigenvalue weighted by Crippen LogP contribution is 2.16. The SMILES string of the molecule is OC1CCN(CC2=CONC(c3cccnc3)N2)CC1. The molecule has 108 valence electrons. The van der Waals surface area contributed by atoms with Crippen LogP contribution in [0.4, 0.5) is 0 Å². The van der Waals surface area contributed by atoms with E-state index in [4.69, 9.17) is 4.84 Å². The summed E-state index contributed by atoms with van der Waals surface area (Å²) < 4.78 is 0. The van der Waals surface area contributed by atoms with Crippen LogP contribution in [0.3, 0.4) is 0 Å². The van der Waals surface area contributed by atoms with Crippen LogP contribution in [0.15, 0.2) is 36.5 Å². The summed E-state index contributed by atoms with van der Waals surface area (Å²) in [6.07, 6.45) is 6.74. The fraction of sp³-hybridized carbons (Fsp3) is 0.500. The first-order valence-electron chi connectivity index (χ1n) is 6.98. The Labute approximate surface area is 118 Å². The van der Waals surface area contributed by atoms with Gasteiger partial charge in [0.05, 0.1) is 11.8 Å². The quantitative estimate of drug-likeness (QED) is 0.747. The molecule has 0 radical (unpaired) electrons. The van der Waals surface area contributed by atoms with E-state index < -0.39 is 0 Å². The van der Waals surface area contributed by atoms with Gasteiger partial charge in [-0.3, -0.25) is 9.88 Å². The second kappa shape index (κ2) is 6.21. The zero-order valence-electron chi connectivity index (χ0n) is 11.3. The lowest BCUT2D eigenvalue weighted by Gasteiger charge is -2.33. The molecular formula is C14H20N4O2. The number of nitrogens with one attached hydrogen (secondary N) is 2. The molecule has 6 nitrogen and oxygen atoms in total. The Bertz CT molecular complexity index is 458. The van der Waals surface area contributed by atoms with Crippen molar-refractivity contribution in [3.8, 4) is 0 Å². The number of hydrogen-bond donors (Lipinski definition) is 3. The van der Waals surface area contributed by atoms with Crippen LogP contribution in [-0.2, 0) is 4.84 Å². The molecule has 1 aromatic heterocycles. The summed E-state index contributed by atoms with van der Waals surface area (Å²) in [7, 11) is 0. The number of aromatic nitrogens is 1. The second-order valence-corrected chi connectivity index (χ2v) is 5.25.